The summed E-state index contributed by atoms with van der Waals surface area (Å²) in [4.78, 5) is 20.6. The van der Waals surface area contributed by atoms with Gasteiger partial charge in [0.1, 0.15) is 0 Å². The molecule has 0 radical (unpaired) electrons. The topological polar surface area (TPSA) is 157 Å². The van der Waals surface area contributed by atoms with Gasteiger partial charge in [-0.3, -0.25) is 4.98 Å². The Morgan fingerprint density at radius 1 is 0.245 bits per heavy atom. The van der Waals surface area contributed by atoms with Crippen molar-refractivity contribution in [2.75, 3.05) is 0 Å². The molecule has 434 valence electrons. The first kappa shape index (κ1) is 55.7. The predicted molar refractivity (Wildman–Crippen MR) is 374 cm³/mol. The van der Waals surface area contributed by atoms with E-state index >= 15 is 0 Å². The van der Waals surface area contributed by atoms with Crippen molar-refractivity contribution in [2.24, 2.45) is 0 Å². The summed E-state index contributed by atoms with van der Waals surface area (Å²) in [6, 6.07) is 105. The van der Waals surface area contributed by atoms with E-state index in [1.165, 1.54) is 0 Å². The second kappa shape index (κ2) is 23.4. The van der Waals surface area contributed by atoms with Crippen molar-refractivity contribution in [3.05, 3.63) is 314 Å². The Balaban J connectivity index is 1.00. The number of nitriles is 4. The van der Waals surface area contributed by atoms with Gasteiger partial charge in [-0.15, -0.1) is 0 Å². The van der Waals surface area contributed by atoms with Gasteiger partial charge in [-0.2, -0.15) is 21.0 Å². The lowest BCUT2D eigenvalue weighted by molar-refractivity contribution is 1.07. The average Bonchev–Trinajstić information content (AvgIpc) is 1.55. The van der Waals surface area contributed by atoms with Crippen LogP contribution < -0.4 is 0 Å². The highest BCUT2D eigenvalue weighted by molar-refractivity contribution is 6.14. The number of hydrogen-bond donors (Lipinski definition) is 0. The first-order valence-electron chi connectivity index (χ1n) is 30.6. The molecule has 10 heteroatoms. The fourth-order valence-corrected chi connectivity index (χ4v) is 12.9. The molecule has 0 spiro atoms. The number of hydrogen-bond acceptors (Lipinski definition) is 8. The number of fused-ring (bicyclic) bond motifs is 6. The molecule has 16 aromatic rings. The van der Waals surface area contributed by atoms with E-state index in [1.54, 1.807) is 0 Å². The summed E-state index contributed by atoms with van der Waals surface area (Å²) in [6.45, 7) is 0. The lowest BCUT2D eigenvalue weighted by Crippen LogP contribution is -2.04. The third kappa shape index (κ3) is 10.0. The SMILES string of the molecule is N#Cc1ccc(-c2ccc3c(c2)c2cc(-c4ccc(C#N)cc4)ccc2n3-c2cc(-c3ccccn3)ccc2-c2ccc(-c3nc(-c4ccccc4)nc(-c4ccccc4)n3)cc2-n2c3ccc(-c4ccc(C#N)cc4)cc3c3cc(-c4ccc(C#N)cc4)ccc32)cc1. The van der Waals surface area contributed by atoms with E-state index in [0.29, 0.717) is 39.7 Å². The molecule has 4 aromatic heterocycles. The molecule has 0 aliphatic rings. The standard InChI is InChI=1S/C84H48N10/c85-49-53-14-22-57(23-15-53)63-32-38-76-71(43-63)72-44-64(58-24-16-54(50-86)17-25-58)33-39-77(72)93(76)80-47-67(75-13-7-8-42-89-75)30-36-69(80)70-37-31-68(84-91-82(61-9-3-1-4-10-61)90-83(92-84)62-11-5-2-6-12-62)48-81(70)94-78-40-34-65(59-26-18-55(51-87)19-27-59)45-73(78)74-46-66(35-41-79(74)94)60-28-20-56(52-88)21-29-60/h1-48H. The van der Waals surface area contributed by atoms with Crippen LogP contribution in [0.3, 0.4) is 0 Å². The molecule has 4 heterocycles. The molecule has 0 aliphatic carbocycles. The zero-order valence-corrected chi connectivity index (χ0v) is 50.2. The van der Waals surface area contributed by atoms with Gasteiger partial charge in [0, 0.05) is 61.1 Å². The number of nitrogens with zero attached hydrogens (tertiary/aromatic N) is 10. The summed E-state index contributed by atoms with van der Waals surface area (Å²) in [6.07, 6.45) is 1.82. The molecule has 0 amide bonds. The zero-order chi connectivity index (χ0) is 63.2. The summed E-state index contributed by atoms with van der Waals surface area (Å²) in [7, 11) is 0. The molecular formula is C84H48N10. The molecule has 0 atom stereocenters. The molecule has 12 aromatic carbocycles. The maximum atomic E-state index is 9.80. The minimum Gasteiger partial charge on any atom is -0.309 e. The monoisotopic (exact) mass is 1200 g/mol. The molecule has 0 fully saturated rings. The fraction of sp³-hybridized carbons (Fsp3) is 0. The van der Waals surface area contributed by atoms with Crippen LogP contribution in [-0.2, 0) is 0 Å². The van der Waals surface area contributed by atoms with Gasteiger partial charge in [-0.25, -0.2) is 15.0 Å². The second-order valence-corrected chi connectivity index (χ2v) is 23.1. The molecule has 0 bridgehead atoms. The van der Waals surface area contributed by atoms with Crippen molar-refractivity contribution < 1.29 is 0 Å². The van der Waals surface area contributed by atoms with Crippen LogP contribution in [0.1, 0.15) is 22.3 Å². The Morgan fingerprint density at radius 3 is 0.872 bits per heavy atom. The first-order valence-corrected chi connectivity index (χ1v) is 30.6. The summed E-state index contributed by atoms with van der Waals surface area (Å²) >= 11 is 0. The fourth-order valence-electron chi connectivity index (χ4n) is 12.9. The third-order valence-electron chi connectivity index (χ3n) is 17.6. The van der Waals surface area contributed by atoms with Gasteiger partial charge in [-0.1, -0.05) is 164 Å². The minimum absolute atomic E-state index is 0.497. The van der Waals surface area contributed by atoms with Crippen LogP contribution in [0.15, 0.2) is 291 Å². The lowest BCUT2D eigenvalue weighted by Gasteiger charge is -2.21. The van der Waals surface area contributed by atoms with E-state index in [9.17, 15) is 21.0 Å². The van der Waals surface area contributed by atoms with Crippen molar-refractivity contribution >= 4 is 43.6 Å². The number of aromatic nitrogens is 6. The van der Waals surface area contributed by atoms with Crippen molar-refractivity contribution in [3.8, 4) is 137 Å². The van der Waals surface area contributed by atoms with Gasteiger partial charge < -0.3 is 9.13 Å². The van der Waals surface area contributed by atoms with Crippen LogP contribution >= 0.6 is 0 Å². The van der Waals surface area contributed by atoms with Gasteiger partial charge >= 0.3 is 0 Å². The van der Waals surface area contributed by atoms with Crippen molar-refractivity contribution in [3.63, 3.8) is 0 Å². The Hall–Kier alpha value is -13.6. The second-order valence-electron chi connectivity index (χ2n) is 23.1. The highest BCUT2D eigenvalue weighted by Gasteiger charge is 2.25. The maximum Gasteiger partial charge on any atom is 0.164 e. The molecule has 0 saturated carbocycles. The molecule has 0 unspecified atom stereocenters. The van der Waals surface area contributed by atoms with Gasteiger partial charge in [0.05, 0.1) is 85.7 Å². The maximum absolute atomic E-state index is 9.80. The normalized spacial score (nSPS) is 11.1. The molecule has 10 nitrogen and oxygen atoms in total. The van der Waals surface area contributed by atoms with Crippen LogP contribution in [0.25, 0.3) is 156 Å². The number of rotatable bonds is 11. The largest absolute Gasteiger partial charge is 0.309 e. The van der Waals surface area contributed by atoms with E-state index in [-0.39, 0.29) is 0 Å². The van der Waals surface area contributed by atoms with E-state index in [0.717, 1.165) is 139 Å². The quantitative estimate of drug-likeness (QED) is 0.124. The summed E-state index contributed by atoms with van der Waals surface area (Å²) in [5, 5.41) is 43.2. The Kier molecular flexibility index (Phi) is 13.8. The number of pyridine rings is 1. The van der Waals surface area contributed by atoms with Crippen molar-refractivity contribution in [1.82, 2.24) is 29.1 Å². The van der Waals surface area contributed by atoms with Crippen LogP contribution in [0.2, 0.25) is 0 Å². The molecular weight excluding hydrogens is 1150 g/mol. The van der Waals surface area contributed by atoms with Crippen LogP contribution in [-0.4, -0.2) is 29.1 Å². The molecule has 94 heavy (non-hydrogen) atoms. The summed E-state index contributed by atoms with van der Waals surface area (Å²) < 4.78 is 4.74. The van der Waals surface area contributed by atoms with Crippen LogP contribution in [0, 0.1) is 45.3 Å². The van der Waals surface area contributed by atoms with E-state index in [4.69, 9.17) is 19.9 Å². The third-order valence-corrected chi connectivity index (χ3v) is 17.6. The van der Waals surface area contributed by atoms with Gasteiger partial charge in [0.2, 0.25) is 0 Å². The summed E-state index contributed by atoms with van der Waals surface area (Å²) in [5.74, 6) is 1.58. The smallest absolute Gasteiger partial charge is 0.164 e. The highest BCUT2D eigenvalue weighted by Crippen LogP contribution is 2.46. The van der Waals surface area contributed by atoms with Gasteiger partial charge in [0.25, 0.3) is 0 Å². The van der Waals surface area contributed by atoms with Crippen molar-refractivity contribution in [2.45, 2.75) is 0 Å². The van der Waals surface area contributed by atoms with Gasteiger partial charge in [0.15, 0.2) is 17.5 Å². The first-order chi connectivity index (χ1) is 46.4. The number of benzene rings is 12. The van der Waals surface area contributed by atoms with E-state index in [2.05, 4.69) is 143 Å². The summed E-state index contributed by atoms with van der Waals surface area (Å²) in [5.41, 5.74) is 21.9. The Bertz CT molecular complexity index is 5560. The average molecular weight is 1200 g/mol. The predicted octanol–water partition coefficient (Wildman–Crippen LogP) is 20.0. The molecule has 0 saturated heterocycles. The lowest BCUT2D eigenvalue weighted by atomic mass is 9.96. The zero-order valence-electron chi connectivity index (χ0n) is 50.2. The van der Waals surface area contributed by atoms with Gasteiger partial charge in [-0.05, 0) is 166 Å². The Labute approximate surface area is 541 Å². The molecule has 16 rings (SSSR count). The Morgan fingerprint density at radius 2 is 0.543 bits per heavy atom. The van der Waals surface area contributed by atoms with E-state index < -0.39 is 0 Å². The highest BCUT2D eigenvalue weighted by atomic mass is 15.0. The molecule has 0 aliphatic heterocycles. The van der Waals surface area contributed by atoms with Crippen LogP contribution in [0.4, 0.5) is 0 Å². The van der Waals surface area contributed by atoms with Crippen LogP contribution in [0.5, 0.6) is 0 Å². The minimum atomic E-state index is 0.497. The molecule has 0 N–H and O–H groups in total. The van der Waals surface area contributed by atoms with E-state index in [1.807, 2.05) is 182 Å². The van der Waals surface area contributed by atoms with Crippen molar-refractivity contribution in [1.29, 1.82) is 21.0 Å².